The first kappa shape index (κ1) is 27.7. The molecular formula is C43H31N5S. The van der Waals surface area contributed by atoms with E-state index in [1.54, 1.807) is 6.20 Å². The molecule has 4 saturated carbocycles. The molecule has 5 nitrogen and oxygen atoms in total. The number of fused-ring (bicyclic) bond motifs is 6. The fourth-order valence-corrected chi connectivity index (χ4v) is 11.6. The average molecular weight is 650 g/mol. The summed E-state index contributed by atoms with van der Waals surface area (Å²) in [4.78, 5) is 20.1. The zero-order chi connectivity index (χ0) is 32.3. The molecule has 234 valence electrons. The molecule has 4 bridgehead atoms. The Labute approximate surface area is 288 Å². The highest BCUT2D eigenvalue weighted by atomic mass is 32.1. The number of pyridine rings is 1. The van der Waals surface area contributed by atoms with Gasteiger partial charge in [0.15, 0.2) is 17.5 Å². The second-order valence-corrected chi connectivity index (χ2v) is 15.7. The molecule has 7 aromatic rings. The molecule has 0 unspecified atom stereocenters. The smallest absolute Gasteiger partial charge is 0.164 e. The molecule has 5 aliphatic rings. The molecule has 0 amide bonds. The van der Waals surface area contributed by atoms with Crippen molar-refractivity contribution in [2.24, 2.45) is 23.7 Å². The largest absolute Gasteiger partial charge is 0.263 e. The van der Waals surface area contributed by atoms with Crippen molar-refractivity contribution >= 4 is 31.5 Å². The standard InChI is InChI=1S/C43H31N5S/c44-21-29-22-45-23-36-39(29)33-12-10-28(20-35(33)43(36)30-15-24-14-25(17-30)18-31(43)16-24)42-47-40(26-6-2-1-3-7-26)46-41(48-42)27-11-13-38-34(19-27)32-8-4-5-9-37(32)49-38/h1-13,19-20,22-25,30-31H,14-18H2. The van der Waals surface area contributed by atoms with Crippen LogP contribution in [0.5, 0.6) is 0 Å². The van der Waals surface area contributed by atoms with Gasteiger partial charge >= 0.3 is 0 Å². The van der Waals surface area contributed by atoms with Crippen LogP contribution in [0.3, 0.4) is 0 Å². The van der Waals surface area contributed by atoms with Gasteiger partial charge in [-0.05, 0) is 103 Å². The Kier molecular flexibility index (Phi) is 5.72. The molecule has 49 heavy (non-hydrogen) atoms. The van der Waals surface area contributed by atoms with Crippen LogP contribution in [0.2, 0.25) is 0 Å². The van der Waals surface area contributed by atoms with Crippen LogP contribution in [0.25, 0.3) is 65.5 Å². The van der Waals surface area contributed by atoms with Gasteiger partial charge in [0, 0.05) is 60.2 Å². The molecule has 3 heterocycles. The quantitative estimate of drug-likeness (QED) is 0.190. The summed E-state index contributed by atoms with van der Waals surface area (Å²) in [6.45, 7) is 0. The molecule has 4 fully saturated rings. The summed E-state index contributed by atoms with van der Waals surface area (Å²) < 4.78 is 2.54. The second kappa shape index (κ2) is 10.1. The van der Waals surface area contributed by atoms with Crippen LogP contribution in [0.15, 0.2) is 103 Å². The SMILES string of the molecule is N#Cc1cncc2c1-c1ccc(-c3nc(-c4ccccc4)nc(-c4ccc5sc6ccccc6c5c4)n3)cc1C21C2CC3CC(C2)CC1C3. The summed E-state index contributed by atoms with van der Waals surface area (Å²) in [5.74, 6) is 4.80. The Balaban J connectivity index is 1.13. The van der Waals surface area contributed by atoms with E-state index in [9.17, 15) is 5.26 Å². The zero-order valence-electron chi connectivity index (χ0n) is 26.8. The third-order valence-electron chi connectivity index (χ3n) is 12.2. The molecular weight excluding hydrogens is 619 g/mol. The van der Waals surface area contributed by atoms with Crippen LogP contribution in [0.4, 0.5) is 0 Å². The fourth-order valence-electron chi connectivity index (χ4n) is 10.6. The van der Waals surface area contributed by atoms with Crippen molar-refractivity contribution in [2.75, 3.05) is 0 Å². The molecule has 5 aliphatic carbocycles. The van der Waals surface area contributed by atoms with Gasteiger partial charge in [0.1, 0.15) is 6.07 Å². The van der Waals surface area contributed by atoms with E-state index in [1.807, 2.05) is 29.5 Å². The van der Waals surface area contributed by atoms with Crippen molar-refractivity contribution in [3.8, 4) is 51.4 Å². The van der Waals surface area contributed by atoms with Gasteiger partial charge in [-0.2, -0.15) is 5.26 Å². The Bertz CT molecular complexity index is 2520. The maximum Gasteiger partial charge on any atom is 0.164 e. The van der Waals surface area contributed by atoms with Crippen molar-refractivity contribution < 1.29 is 0 Å². The van der Waals surface area contributed by atoms with Crippen LogP contribution in [0.1, 0.15) is 48.8 Å². The molecule has 6 heteroatoms. The van der Waals surface area contributed by atoms with Gasteiger partial charge in [0.2, 0.25) is 0 Å². The minimum Gasteiger partial charge on any atom is -0.263 e. The first-order valence-electron chi connectivity index (χ1n) is 17.4. The summed E-state index contributed by atoms with van der Waals surface area (Å²) in [7, 11) is 0. The van der Waals surface area contributed by atoms with Gasteiger partial charge < -0.3 is 0 Å². The van der Waals surface area contributed by atoms with E-state index in [4.69, 9.17) is 15.0 Å². The van der Waals surface area contributed by atoms with Crippen molar-refractivity contribution in [2.45, 2.75) is 37.5 Å². The van der Waals surface area contributed by atoms with Crippen LogP contribution in [-0.4, -0.2) is 19.9 Å². The Morgan fingerprint density at radius 1 is 0.612 bits per heavy atom. The minimum atomic E-state index is -0.114. The monoisotopic (exact) mass is 649 g/mol. The fraction of sp³-hybridized carbons (Fsp3) is 0.233. The second-order valence-electron chi connectivity index (χ2n) is 14.6. The molecule has 12 rings (SSSR count). The highest BCUT2D eigenvalue weighted by molar-refractivity contribution is 7.25. The number of benzene rings is 4. The molecule has 0 atom stereocenters. The summed E-state index contributed by atoms with van der Waals surface area (Å²) in [6.07, 6.45) is 10.3. The van der Waals surface area contributed by atoms with Crippen molar-refractivity contribution in [1.82, 2.24) is 19.9 Å². The number of hydrogen-bond acceptors (Lipinski definition) is 6. The predicted molar refractivity (Wildman–Crippen MR) is 195 cm³/mol. The van der Waals surface area contributed by atoms with E-state index in [2.05, 4.69) is 90.0 Å². The highest BCUT2D eigenvalue weighted by Crippen LogP contribution is 2.69. The summed E-state index contributed by atoms with van der Waals surface area (Å²) in [5.41, 5.74) is 8.44. The van der Waals surface area contributed by atoms with E-state index in [1.165, 1.54) is 69.0 Å². The van der Waals surface area contributed by atoms with Crippen molar-refractivity contribution in [1.29, 1.82) is 5.26 Å². The molecule has 1 spiro atoms. The Hall–Kier alpha value is -5.25. The number of nitriles is 1. The number of nitrogens with zero attached hydrogens (tertiary/aromatic N) is 5. The van der Waals surface area contributed by atoms with Gasteiger partial charge in [-0.1, -0.05) is 60.7 Å². The number of aromatic nitrogens is 4. The lowest BCUT2D eigenvalue weighted by molar-refractivity contribution is -0.0400. The zero-order valence-corrected chi connectivity index (χ0v) is 27.6. The predicted octanol–water partition coefficient (Wildman–Crippen LogP) is 10.2. The van der Waals surface area contributed by atoms with E-state index in [0.29, 0.717) is 34.9 Å². The summed E-state index contributed by atoms with van der Waals surface area (Å²) in [5, 5.41) is 12.8. The van der Waals surface area contributed by atoms with E-state index in [0.717, 1.165) is 34.1 Å². The van der Waals surface area contributed by atoms with Crippen molar-refractivity contribution in [3.63, 3.8) is 0 Å². The minimum absolute atomic E-state index is 0.114. The normalized spacial score (nSPS) is 24.4. The van der Waals surface area contributed by atoms with Gasteiger partial charge in [0.05, 0.1) is 5.56 Å². The van der Waals surface area contributed by atoms with E-state index in [-0.39, 0.29) is 5.41 Å². The molecule has 3 aromatic heterocycles. The Morgan fingerprint density at radius 3 is 2.02 bits per heavy atom. The molecule has 0 N–H and O–H groups in total. The number of hydrogen-bond donors (Lipinski definition) is 0. The van der Waals surface area contributed by atoms with Crippen LogP contribution < -0.4 is 0 Å². The molecule has 0 saturated heterocycles. The van der Waals surface area contributed by atoms with Crippen molar-refractivity contribution in [3.05, 3.63) is 120 Å². The first-order chi connectivity index (χ1) is 24.2. The molecule has 4 aromatic carbocycles. The van der Waals surface area contributed by atoms with Gasteiger partial charge in [0.25, 0.3) is 0 Å². The Morgan fingerprint density at radius 2 is 1.27 bits per heavy atom. The molecule has 0 aliphatic heterocycles. The van der Waals surface area contributed by atoms with Gasteiger partial charge in [-0.3, -0.25) is 4.98 Å². The first-order valence-corrected chi connectivity index (χ1v) is 18.3. The van der Waals surface area contributed by atoms with E-state index >= 15 is 0 Å². The summed E-state index contributed by atoms with van der Waals surface area (Å²) in [6, 6.07) is 34.7. The topological polar surface area (TPSA) is 75.3 Å². The van der Waals surface area contributed by atoms with Gasteiger partial charge in [-0.15, -0.1) is 11.3 Å². The lowest BCUT2D eigenvalue weighted by Gasteiger charge is -2.61. The van der Waals surface area contributed by atoms with Crippen LogP contribution in [0, 0.1) is 35.0 Å². The third kappa shape index (κ3) is 3.85. The highest BCUT2D eigenvalue weighted by Gasteiger charge is 2.62. The van der Waals surface area contributed by atoms with Crippen LogP contribution >= 0.6 is 11.3 Å². The van der Waals surface area contributed by atoms with E-state index < -0.39 is 0 Å². The lowest BCUT2D eigenvalue weighted by atomic mass is 9.43. The number of thiophene rings is 1. The third-order valence-corrected chi connectivity index (χ3v) is 13.4. The average Bonchev–Trinajstić information content (AvgIpc) is 3.67. The van der Waals surface area contributed by atoms with Gasteiger partial charge in [-0.25, -0.2) is 15.0 Å². The van der Waals surface area contributed by atoms with Crippen LogP contribution in [-0.2, 0) is 5.41 Å². The summed E-state index contributed by atoms with van der Waals surface area (Å²) >= 11 is 1.82. The maximum absolute atomic E-state index is 10.3. The number of rotatable bonds is 3. The lowest BCUT2D eigenvalue weighted by Crippen LogP contribution is -2.55. The maximum atomic E-state index is 10.3. The molecule has 0 radical (unpaired) electrons.